The quantitative estimate of drug-likeness (QED) is 0.238. The first-order valence-corrected chi connectivity index (χ1v) is 13.0. The van der Waals surface area contributed by atoms with Crippen LogP contribution in [0.15, 0.2) is 69.9 Å². The largest absolute Gasteiger partial charge is 0.507 e. The van der Waals surface area contributed by atoms with Crippen LogP contribution < -0.4 is 10.0 Å². The van der Waals surface area contributed by atoms with E-state index in [2.05, 4.69) is 25.3 Å². The predicted octanol–water partition coefficient (Wildman–Crippen LogP) is 4.26. The maximum absolute atomic E-state index is 12.6. The van der Waals surface area contributed by atoms with Gasteiger partial charge >= 0.3 is 5.97 Å². The lowest BCUT2D eigenvalue weighted by Gasteiger charge is -2.27. The van der Waals surface area contributed by atoms with Crippen LogP contribution in [0.3, 0.4) is 0 Å². The van der Waals surface area contributed by atoms with Gasteiger partial charge in [0.1, 0.15) is 23.4 Å². The number of carboxylic acid groups (broad SMARTS) is 1. The average molecular weight is 524 g/mol. The number of nitrogens with one attached hydrogen (secondary N) is 2. The van der Waals surface area contributed by atoms with E-state index in [1.807, 2.05) is 0 Å². The normalized spacial score (nSPS) is 15.9. The fourth-order valence-electron chi connectivity index (χ4n) is 4.17. The number of rotatable bonds is 9. The van der Waals surface area contributed by atoms with Crippen molar-refractivity contribution >= 4 is 39.5 Å². The van der Waals surface area contributed by atoms with Crippen molar-refractivity contribution in [2.75, 3.05) is 11.3 Å². The van der Waals surface area contributed by atoms with Crippen molar-refractivity contribution in [3.05, 3.63) is 71.4 Å². The number of phenols is 1. The first-order valence-electron chi connectivity index (χ1n) is 11.5. The van der Waals surface area contributed by atoms with Crippen LogP contribution in [0.5, 0.6) is 5.75 Å². The van der Waals surface area contributed by atoms with Crippen LogP contribution in [0.4, 0.5) is 17.2 Å². The number of benzene rings is 2. The number of nitrogens with zero attached hydrogens (tertiary/aromatic N) is 3. The average Bonchev–Trinajstić information content (AvgIpc) is 2.90. The molecule has 4 rings (SSSR count). The minimum atomic E-state index is -3.87. The van der Waals surface area contributed by atoms with Crippen molar-refractivity contribution in [2.24, 2.45) is 10.2 Å². The van der Waals surface area contributed by atoms with Gasteiger partial charge in [0, 0.05) is 29.8 Å². The SMILES string of the molecule is O=CCc1c(O)c(C(=O)O)cc(N=Nc2ccc(S(=O)(=O)Nc3ccccn3)cc2)c1C1CCCCN1. The van der Waals surface area contributed by atoms with Crippen LogP contribution in [0.25, 0.3) is 0 Å². The standard InChI is InChI=1S/C25H25N5O6S/c31-14-11-18-23(20-5-1-3-12-26-20)21(15-19(24(18)32)25(33)34)29-28-16-7-9-17(10-8-16)37(35,36)30-22-6-2-4-13-27-22/h2,4,6-10,13-15,20,26,32H,1,3,5,11-12H2,(H,27,30)(H,33,34). The second-order valence-corrected chi connectivity index (χ2v) is 10.1. The van der Waals surface area contributed by atoms with Crippen molar-refractivity contribution in [1.29, 1.82) is 0 Å². The number of carbonyl (C=O) groups excluding carboxylic acids is 1. The highest BCUT2D eigenvalue weighted by atomic mass is 32.2. The molecule has 4 N–H and O–H groups in total. The summed E-state index contributed by atoms with van der Waals surface area (Å²) in [5.41, 5.74) is 0.871. The number of aromatic nitrogens is 1. The number of aromatic hydroxyl groups is 1. The number of hydrogen-bond acceptors (Lipinski definition) is 9. The highest BCUT2D eigenvalue weighted by molar-refractivity contribution is 7.92. The number of anilines is 1. The molecule has 1 aliphatic heterocycles. The van der Waals surface area contributed by atoms with E-state index in [-0.39, 0.29) is 40.0 Å². The highest BCUT2D eigenvalue weighted by Gasteiger charge is 2.27. The number of carboxylic acids is 1. The van der Waals surface area contributed by atoms with E-state index in [0.29, 0.717) is 17.5 Å². The lowest BCUT2D eigenvalue weighted by Crippen LogP contribution is -2.28. The van der Waals surface area contributed by atoms with E-state index in [9.17, 15) is 28.2 Å². The molecule has 1 fully saturated rings. The van der Waals surface area contributed by atoms with Gasteiger partial charge in [-0.25, -0.2) is 18.2 Å². The second kappa shape index (κ2) is 11.3. The van der Waals surface area contributed by atoms with E-state index in [1.165, 1.54) is 42.6 Å². The Morgan fingerprint density at radius 3 is 2.57 bits per heavy atom. The summed E-state index contributed by atoms with van der Waals surface area (Å²) in [6.45, 7) is 0.728. The number of piperidine rings is 1. The Morgan fingerprint density at radius 2 is 1.95 bits per heavy atom. The van der Waals surface area contributed by atoms with Crippen LogP contribution >= 0.6 is 0 Å². The Bertz CT molecular complexity index is 1420. The predicted molar refractivity (Wildman–Crippen MR) is 135 cm³/mol. The number of aromatic carboxylic acids is 1. The molecule has 1 unspecified atom stereocenters. The number of pyridine rings is 1. The van der Waals surface area contributed by atoms with Gasteiger partial charge in [0.25, 0.3) is 10.0 Å². The molecular formula is C25H25N5O6S. The summed E-state index contributed by atoms with van der Waals surface area (Å²) in [6.07, 6.45) is 4.50. The van der Waals surface area contributed by atoms with Gasteiger partial charge in [0.05, 0.1) is 16.3 Å². The van der Waals surface area contributed by atoms with Crippen LogP contribution in [-0.2, 0) is 21.2 Å². The van der Waals surface area contributed by atoms with Gasteiger partial charge in [0.15, 0.2) is 0 Å². The first kappa shape index (κ1) is 25.9. The fraction of sp³-hybridized carbons (Fsp3) is 0.240. The van der Waals surface area contributed by atoms with E-state index in [1.54, 1.807) is 12.1 Å². The third-order valence-electron chi connectivity index (χ3n) is 5.92. The summed E-state index contributed by atoms with van der Waals surface area (Å²) >= 11 is 0. The van der Waals surface area contributed by atoms with Gasteiger partial charge < -0.3 is 20.3 Å². The number of azo groups is 1. The molecule has 0 saturated carbocycles. The van der Waals surface area contributed by atoms with E-state index >= 15 is 0 Å². The van der Waals surface area contributed by atoms with Gasteiger partial charge in [-0.1, -0.05) is 12.5 Å². The third-order valence-corrected chi connectivity index (χ3v) is 7.29. The number of aldehydes is 1. The molecule has 0 aliphatic carbocycles. The fourth-order valence-corrected chi connectivity index (χ4v) is 5.18. The van der Waals surface area contributed by atoms with Crippen LogP contribution in [0.2, 0.25) is 0 Å². The molecule has 0 radical (unpaired) electrons. The van der Waals surface area contributed by atoms with Crippen molar-refractivity contribution in [1.82, 2.24) is 10.3 Å². The van der Waals surface area contributed by atoms with Gasteiger partial charge in [-0.2, -0.15) is 10.2 Å². The Balaban J connectivity index is 1.68. The summed E-state index contributed by atoms with van der Waals surface area (Å²) in [5.74, 6) is -1.64. The van der Waals surface area contributed by atoms with Crippen LogP contribution in [0, 0.1) is 0 Å². The molecule has 2 aromatic carbocycles. The Hall–Kier alpha value is -4.16. The molecule has 12 heteroatoms. The third kappa shape index (κ3) is 5.98. The minimum Gasteiger partial charge on any atom is -0.507 e. The van der Waals surface area contributed by atoms with Gasteiger partial charge in [-0.15, -0.1) is 0 Å². The summed E-state index contributed by atoms with van der Waals surface area (Å²) in [5, 5.41) is 32.0. The van der Waals surface area contributed by atoms with E-state index in [4.69, 9.17) is 0 Å². The molecule has 1 atom stereocenters. The molecule has 37 heavy (non-hydrogen) atoms. The molecule has 192 valence electrons. The maximum Gasteiger partial charge on any atom is 0.339 e. The molecule has 1 aliphatic rings. The van der Waals surface area contributed by atoms with Crippen molar-refractivity contribution < 1.29 is 28.2 Å². The van der Waals surface area contributed by atoms with Crippen molar-refractivity contribution in [3.63, 3.8) is 0 Å². The summed E-state index contributed by atoms with van der Waals surface area (Å²) in [4.78, 5) is 27.1. The molecule has 1 saturated heterocycles. The minimum absolute atomic E-state index is 0.00439. The summed E-state index contributed by atoms with van der Waals surface area (Å²) < 4.78 is 27.6. The topological polar surface area (TPSA) is 170 Å². The Kier molecular flexibility index (Phi) is 7.89. The van der Waals surface area contributed by atoms with Crippen molar-refractivity contribution in [3.8, 4) is 5.75 Å². The maximum atomic E-state index is 12.6. The highest BCUT2D eigenvalue weighted by Crippen LogP contribution is 2.41. The zero-order valence-corrected chi connectivity index (χ0v) is 20.5. The Labute approximate surface area is 213 Å². The molecule has 0 bridgehead atoms. The van der Waals surface area contributed by atoms with Crippen LogP contribution in [0.1, 0.15) is 46.8 Å². The molecule has 3 aromatic rings. The molecular weight excluding hydrogens is 498 g/mol. The molecule has 0 amide bonds. The van der Waals surface area contributed by atoms with Gasteiger partial charge in [-0.05, 0) is 61.9 Å². The molecule has 11 nitrogen and oxygen atoms in total. The molecule has 0 spiro atoms. The Morgan fingerprint density at radius 1 is 1.16 bits per heavy atom. The van der Waals surface area contributed by atoms with E-state index in [0.717, 1.165) is 25.8 Å². The first-order chi connectivity index (χ1) is 17.8. The zero-order valence-electron chi connectivity index (χ0n) is 19.7. The van der Waals surface area contributed by atoms with E-state index < -0.39 is 21.7 Å². The van der Waals surface area contributed by atoms with Crippen LogP contribution in [-0.4, -0.2) is 42.4 Å². The molecule has 1 aromatic heterocycles. The number of sulfonamides is 1. The smallest absolute Gasteiger partial charge is 0.339 e. The second-order valence-electron chi connectivity index (χ2n) is 8.38. The number of hydrogen-bond donors (Lipinski definition) is 4. The zero-order chi connectivity index (χ0) is 26.4. The summed E-state index contributed by atoms with van der Waals surface area (Å²) in [7, 11) is -3.87. The van der Waals surface area contributed by atoms with Gasteiger partial charge in [-0.3, -0.25) is 4.72 Å². The summed E-state index contributed by atoms with van der Waals surface area (Å²) in [6, 6.07) is 11.5. The van der Waals surface area contributed by atoms with Gasteiger partial charge in [0.2, 0.25) is 0 Å². The van der Waals surface area contributed by atoms with Crippen molar-refractivity contribution in [2.45, 2.75) is 36.6 Å². The monoisotopic (exact) mass is 523 g/mol. The molecule has 2 heterocycles. The number of carbonyl (C=O) groups is 2. The lowest BCUT2D eigenvalue weighted by atomic mass is 9.89. The lowest BCUT2D eigenvalue weighted by molar-refractivity contribution is -0.107.